The smallest absolute Gasteiger partial charge is 0.0433 e. The number of hydrogen-bond donors (Lipinski definition) is 1. The first-order chi connectivity index (χ1) is 6.52. The molecule has 0 rings (SSSR count). The Morgan fingerprint density at radius 1 is 1.29 bits per heavy atom. The second-order valence-electron chi connectivity index (χ2n) is 4.92. The standard InChI is InChI=1S/C12H27OP/c1-5-14-12(3,4)9-6-7-11(2)8-10-13/h11,13-14H,5-10H2,1-4H3. The summed E-state index contributed by atoms with van der Waals surface area (Å²) in [5.41, 5.74) is 0. The fourth-order valence-electron chi connectivity index (χ4n) is 1.82. The van der Waals surface area contributed by atoms with E-state index in [1.54, 1.807) is 0 Å². The third kappa shape index (κ3) is 7.76. The molecule has 0 radical (unpaired) electrons. The molecule has 0 aromatic carbocycles. The van der Waals surface area contributed by atoms with Crippen LogP contribution in [0, 0.1) is 5.92 Å². The van der Waals surface area contributed by atoms with Gasteiger partial charge in [-0.05, 0) is 30.1 Å². The fourth-order valence-corrected chi connectivity index (χ4v) is 3.13. The van der Waals surface area contributed by atoms with Crippen LogP contribution in [0.5, 0.6) is 0 Å². The van der Waals surface area contributed by atoms with E-state index in [0.29, 0.717) is 17.7 Å². The largest absolute Gasteiger partial charge is 0.396 e. The lowest BCUT2D eigenvalue weighted by Gasteiger charge is -2.24. The van der Waals surface area contributed by atoms with Gasteiger partial charge in [0.2, 0.25) is 0 Å². The summed E-state index contributed by atoms with van der Waals surface area (Å²) in [4.78, 5) is 0. The molecule has 0 spiro atoms. The van der Waals surface area contributed by atoms with E-state index in [1.807, 2.05) is 0 Å². The van der Waals surface area contributed by atoms with Gasteiger partial charge in [0.05, 0.1) is 0 Å². The van der Waals surface area contributed by atoms with Gasteiger partial charge in [-0.1, -0.05) is 40.5 Å². The molecule has 0 aliphatic rings. The summed E-state index contributed by atoms with van der Waals surface area (Å²) in [5.74, 6) is 0.695. The molecule has 2 atom stereocenters. The first-order valence-electron chi connectivity index (χ1n) is 5.87. The van der Waals surface area contributed by atoms with Gasteiger partial charge < -0.3 is 5.11 Å². The van der Waals surface area contributed by atoms with Crippen molar-refractivity contribution in [3.8, 4) is 0 Å². The average Bonchev–Trinajstić information content (AvgIpc) is 2.03. The van der Waals surface area contributed by atoms with E-state index in [4.69, 9.17) is 5.11 Å². The minimum atomic E-state index is 0.348. The van der Waals surface area contributed by atoms with Crippen LogP contribution < -0.4 is 0 Å². The zero-order chi connectivity index (χ0) is 11.0. The van der Waals surface area contributed by atoms with E-state index in [-0.39, 0.29) is 0 Å². The zero-order valence-corrected chi connectivity index (χ0v) is 11.3. The minimum Gasteiger partial charge on any atom is -0.396 e. The number of hydrogen-bond acceptors (Lipinski definition) is 1. The minimum absolute atomic E-state index is 0.348. The molecule has 2 unspecified atom stereocenters. The molecular formula is C12H27OP. The summed E-state index contributed by atoms with van der Waals surface area (Å²) in [6.45, 7) is 9.62. The molecule has 0 saturated carbocycles. The van der Waals surface area contributed by atoms with Gasteiger partial charge in [0, 0.05) is 6.61 Å². The maximum atomic E-state index is 8.78. The second kappa shape index (κ2) is 7.65. The highest BCUT2D eigenvalue weighted by Crippen LogP contribution is 2.35. The first kappa shape index (κ1) is 14.4. The van der Waals surface area contributed by atoms with Gasteiger partial charge in [-0.25, -0.2) is 0 Å². The van der Waals surface area contributed by atoms with Crippen LogP contribution in [0.1, 0.15) is 53.4 Å². The molecule has 1 N–H and O–H groups in total. The number of aliphatic hydroxyl groups excluding tert-OH is 1. The van der Waals surface area contributed by atoms with Crippen molar-refractivity contribution in [3.63, 3.8) is 0 Å². The first-order valence-corrected chi connectivity index (χ1v) is 7.08. The van der Waals surface area contributed by atoms with Crippen LogP contribution in [0.25, 0.3) is 0 Å². The molecule has 86 valence electrons. The summed E-state index contributed by atoms with van der Waals surface area (Å²) in [7, 11) is 1.10. The lowest BCUT2D eigenvalue weighted by molar-refractivity contribution is 0.256. The fraction of sp³-hybridized carbons (Fsp3) is 1.00. The predicted molar refractivity (Wildman–Crippen MR) is 67.7 cm³/mol. The molecular weight excluding hydrogens is 191 g/mol. The summed E-state index contributed by atoms with van der Waals surface area (Å²) < 4.78 is 0. The Kier molecular flexibility index (Phi) is 7.86. The maximum absolute atomic E-state index is 8.78. The van der Waals surface area contributed by atoms with E-state index in [0.717, 1.165) is 15.0 Å². The van der Waals surface area contributed by atoms with E-state index >= 15 is 0 Å². The normalized spacial score (nSPS) is 15.2. The Balaban J connectivity index is 3.51. The van der Waals surface area contributed by atoms with Crippen LogP contribution in [-0.2, 0) is 0 Å². The highest BCUT2D eigenvalue weighted by atomic mass is 31.1. The molecule has 0 aromatic heterocycles. The van der Waals surface area contributed by atoms with Crippen LogP contribution in [0.4, 0.5) is 0 Å². The van der Waals surface area contributed by atoms with Gasteiger partial charge in [0.1, 0.15) is 0 Å². The maximum Gasteiger partial charge on any atom is 0.0433 e. The lowest BCUT2D eigenvalue weighted by atomic mass is 9.97. The summed E-state index contributed by atoms with van der Waals surface area (Å²) in [5, 5.41) is 9.33. The molecule has 0 bridgehead atoms. The summed E-state index contributed by atoms with van der Waals surface area (Å²) in [6, 6.07) is 0. The van der Waals surface area contributed by atoms with Crippen molar-refractivity contribution < 1.29 is 5.11 Å². The highest BCUT2D eigenvalue weighted by molar-refractivity contribution is 7.39. The zero-order valence-electron chi connectivity index (χ0n) is 10.3. The van der Waals surface area contributed by atoms with Crippen molar-refractivity contribution in [3.05, 3.63) is 0 Å². The predicted octanol–water partition coefficient (Wildman–Crippen LogP) is 3.65. The molecule has 0 saturated heterocycles. The summed E-state index contributed by atoms with van der Waals surface area (Å²) in [6.07, 6.45) is 6.23. The summed E-state index contributed by atoms with van der Waals surface area (Å²) >= 11 is 0. The molecule has 0 aliphatic carbocycles. The van der Waals surface area contributed by atoms with E-state index in [1.165, 1.54) is 25.4 Å². The molecule has 0 heterocycles. The quantitative estimate of drug-likeness (QED) is 0.616. The molecule has 0 amide bonds. The van der Waals surface area contributed by atoms with Crippen LogP contribution in [0.2, 0.25) is 0 Å². The number of aliphatic hydroxyl groups is 1. The molecule has 0 aromatic rings. The van der Waals surface area contributed by atoms with Gasteiger partial charge in [-0.15, -0.1) is 8.58 Å². The number of rotatable bonds is 8. The van der Waals surface area contributed by atoms with Gasteiger partial charge in [0.25, 0.3) is 0 Å². The van der Waals surface area contributed by atoms with Crippen molar-refractivity contribution in [2.75, 3.05) is 12.8 Å². The molecule has 14 heavy (non-hydrogen) atoms. The van der Waals surface area contributed by atoms with Gasteiger partial charge in [-0.2, -0.15) is 0 Å². The highest BCUT2D eigenvalue weighted by Gasteiger charge is 2.16. The van der Waals surface area contributed by atoms with Crippen molar-refractivity contribution in [1.29, 1.82) is 0 Å². The van der Waals surface area contributed by atoms with Crippen molar-refractivity contribution in [2.45, 2.75) is 58.5 Å². The van der Waals surface area contributed by atoms with Crippen LogP contribution in [0.3, 0.4) is 0 Å². The Bertz CT molecular complexity index is 134. The lowest BCUT2D eigenvalue weighted by Crippen LogP contribution is -2.13. The van der Waals surface area contributed by atoms with E-state index < -0.39 is 0 Å². The van der Waals surface area contributed by atoms with Gasteiger partial charge >= 0.3 is 0 Å². The molecule has 1 nitrogen and oxygen atoms in total. The molecule has 2 heteroatoms. The SMILES string of the molecule is CCPC(C)(C)CCCC(C)CCO. The molecule has 0 aliphatic heterocycles. The monoisotopic (exact) mass is 218 g/mol. The van der Waals surface area contributed by atoms with Crippen molar-refractivity contribution >= 4 is 8.58 Å². The van der Waals surface area contributed by atoms with E-state index in [9.17, 15) is 0 Å². The Morgan fingerprint density at radius 2 is 1.93 bits per heavy atom. The third-order valence-corrected chi connectivity index (χ3v) is 4.34. The van der Waals surface area contributed by atoms with Gasteiger partial charge in [0.15, 0.2) is 0 Å². The molecule has 0 fully saturated rings. The average molecular weight is 218 g/mol. The van der Waals surface area contributed by atoms with Crippen LogP contribution in [0.15, 0.2) is 0 Å². The van der Waals surface area contributed by atoms with E-state index in [2.05, 4.69) is 27.7 Å². The van der Waals surface area contributed by atoms with Gasteiger partial charge in [-0.3, -0.25) is 0 Å². The van der Waals surface area contributed by atoms with Crippen LogP contribution in [-0.4, -0.2) is 23.0 Å². The Morgan fingerprint density at radius 3 is 2.43 bits per heavy atom. The topological polar surface area (TPSA) is 20.2 Å². The van der Waals surface area contributed by atoms with Crippen molar-refractivity contribution in [1.82, 2.24) is 0 Å². The van der Waals surface area contributed by atoms with Crippen molar-refractivity contribution in [2.24, 2.45) is 5.92 Å². The third-order valence-electron chi connectivity index (χ3n) is 2.78. The Labute approximate surface area is 91.5 Å². The Hall–Kier alpha value is 0.390. The second-order valence-corrected chi connectivity index (χ2v) is 7.34. The van der Waals surface area contributed by atoms with Crippen LogP contribution >= 0.6 is 8.58 Å².